The number of halogens is 3. The van der Waals surface area contributed by atoms with Gasteiger partial charge in [0.25, 0.3) is 0 Å². The Morgan fingerprint density at radius 1 is 0.674 bits per heavy atom. The van der Waals surface area contributed by atoms with Gasteiger partial charge in [-0.25, -0.2) is 14.4 Å². The molecule has 0 amide bonds. The number of aliphatic imine (C=N–C) groups is 2. The van der Waals surface area contributed by atoms with Crippen molar-refractivity contribution in [1.29, 1.82) is 0 Å². The molecule has 0 saturated carbocycles. The molecule has 0 fully saturated rings. The second-order valence-corrected chi connectivity index (χ2v) is 11.9. The third-order valence-corrected chi connectivity index (χ3v) is 8.59. The van der Waals surface area contributed by atoms with Gasteiger partial charge in [-0.1, -0.05) is 72.6 Å². The number of hydrogen-bond donors (Lipinski definition) is 0. The quantitative estimate of drug-likeness (QED) is 0.193. The molecule has 0 saturated heterocycles. The Morgan fingerprint density at radius 3 is 1.96 bits per heavy atom. The molecule has 0 N–H and O–H groups in total. The van der Waals surface area contributed by atoms with Gasteiger partial charge in [0.2, 0.25) is 0 Å². The first-order valence-electron chi connectivity index (χ1n) is 15.0. The van der Waals surface area contributed by atoms with Crippen molar-refractivity contribution >= 4 is 34.6 Å². The van der Waals surface area contributed by atoms with Crippen molar-refractivity contribution in [2.75, 3.05) is 0 Å². The number of aromatic nitrogens is 4. The molecule has 9 heteroatoms. The van der Waals surface area contributed by atoms with Crippen molar-refractivity contribution < 1.29 is 4.39 Å². The fourth-order valence-electron chi connectivity index (χ4n) is 6.02. The van der Waals surface area contributed by atoms with Crippen LogP contribution in [0, 0.1) is 12.7 Å². The Kier molecular flexibility index (Phi) is 8.11. The van der Waals surface area contributed by atoms with Crippen molar-refractivity contribution in [1.82, 2.24) is 19.1 Å². The number of imidazole rings is 2. The number of benzene rings is 4. The van der Waals surface area contributed by atoms with Crippen molar-refractivity contribution in [2.24, 2.45) is 9.98 Å². The van der Waals surface area contributed by atoms with Crippen LogP contribution in [0.25, 0.3) is 11.4 Å². The van der Waals surface area contributed by atoms with Gasteiger partial charge in [0.15, 0.2) is 0 Å². The second-order valence-electron chi connectivity index (χ2n) is 11.0. The van der Waals surface area contributed by atoms with Gasteiger partial charge in [-0.05, 0) is 55.5 Å². The lowest BCUT2D eigenvalue weighted by Gasteiger charge is -2.14. The summed E-state index contributed by atoms with van der Waals surface area (Å²) in [6.45, 7) is 5.13. The molecule has 2 aromatic heterocycles. The molecule has 4 heterocycles. The molecule has 2 aliphatic heterocycles. The zero-order chi connectivity index (χ0) is 31.8. The molecule has 2 aliphatic rings. The maximum Gasteiger partial charge on any atom is 0.132 e. The third-order valence-electron chi connectivity index (χ3n) is 8.12. The molecule has 0 spiro atoms. The van der Waals surface area contributed by atoms with Crippen LogP contribution in [0.3, 0.4) is 0 Å². The average molecular weight is 648 g/mol. The normalized spacial score (nSPS) is 13.1. The maximum absolute atomic E-state index is 14.4. The summed E-state index contributed by atoms with van der Waals surface area (Å²) in [7, 11) is 0. The van der Waals surface area contributed by atoms with Gasteiger partial charge in [-0.15, -0.1) is 0 Å². The van der Waals surface area contributed by atoms with Gasteiger partial charge in [0, 0.05) is 38.7 Å². The third kappa shape index (κ3) is 5.46. The van der Waals surface area contributed by atoms with E-state index in [1.165, 1.54) is 6.07 Å². The Balaban J connectivity index is 0.000000147. The lowest BCUT2D eigenvalue weighted by Crippen LogP contribution is -2.10. The first-order chi connectivity index (χ1) is 22.4. The monoisotopic (exact) mass is 646 g/mol. The van der Waals surface area contributed by atoms with Gasteiger partial charge in [-0.2, -0.15) is 0 Å². The lowest BCUT2D eigenvalue weighted by molar-refractivity contribution is 0.625. The predicted octanol–water partition coefficient (Wildman–Crippen LogP) is 8.76. The van der Waals surface area contributed by atoms with E-state index in [0.717, 1.165) is 63.2 Å². The molecule has 4 aromatic carbocycles. The summed E-state index contributed by atoms with van der Waals surface area (Å²) < 4.78 is 18.6. The highest BCUT2D eigenvalue weighted by molar-refractivity contribution is 6.32. The first kappa shape index (κ1) is 29.8. The Morgan fingerprint density at radius 2 is 1.26 bits per heavy atom. The highest BCUT2D eigenvalue weighted by Gasteiger charge is 2.23. The van der Waals surface area contributed by atoms with Crippen LogP contribution in [-0.2, 0) is 19.5 Å². The van der Waals surface area contributed by atoms with Crippen LogP contribution in [0.5, 0.6) is 0 Å². The molecule has 46 heavy (non-hydrogen) atoms. The predicted molar refractivity (Wildman–Crippen MR) is 183 cm³/mol. The summed E-state index contributed by atoms with van der Waals surface area (Å²) >= 11 is 12.5. The largest absolute Gasteiger partial charge is 0.298 e. The topological polar surface area (TPSA) is 60.4 Å². The van der Waals surface area contributed by atoms with Crippen LogP contribution in [0.4, 0.5) is 4.39 Å². The molecule has 8 rings (SSSR count). The minimum atomic E-state index is -0.289. The van der Waals surface area contributed by atoms with E-state index in [1.807, 2.05) is 80.0 Å². The molecule has 0 aliphatic carbocycles. The van der Waals surface area contributed by atoms with E-state index in [1.54, 1.807) is 12.1 Å². The summed E-state index contributed by atoms with van der Waals surface area (Å²) in [6.07, 6.45) is 4.53. The summed E-state index contributed by atoms with van der Waals surface area (Å²) in [4.78, 5) is 18.4. The molecular formula is C37H29Cl2FN6. The van der Waals surface area contributed by atoms with Crippen molar-refractivity contribution in [3.63, 3.8) is 0 Å². The highest BCUT2D eigenvalue weighted by Crippen LogP contribution is 2.31. The number of aryl methyl sites for hydroxylation is 2. The lowest BCUT2D eigenvalue weighted by atomic mass is 10.00. The summed E-state index contributed by atoms with van der Waals surface area (Å²) in [5.74, 6) is 1.63. The Hall–Kier alpha value is -4.85. The van der Waals surface area contributed by atoms with Crippen LogP contribution in [0.2, 0.25) is 10.0 Å². The van der Waals surface area contributed by atoms with Gasteiger partial charge in [-0.3, -0.25) is 19.1 Å². The fourth-order valence-corrected chi connectivity index (χ4v) is 6.36. The number of nitrogens with zero attached hydrogens (tertiary/aromatic N) is 6. The summed E-state index contributed by atoms with van der Waals surface area (Å²) in [6, 6.07) is 28.5. The SMILES string of the molecule is CCc1ncc2n1-c1ccc(Cl)cc1C(c1ccccc1F)=NC2.Cc1ncc2n1-c1ccc(Cl)cc1C(c1ccccc1)=NC2. The molecule has 0 radical (unpaired) electrons. The fraction of sp³-hybridized carbons (Fsp3) is 0.135. The van der Waals surface area contributed by atoms with Crippen molar-refractivity contribution in [3.8, 4) is 11.4 Å². The van der Waals surface area contributed by atoms with E-state index in [4.69, 9.17) is 28.2 Å². The van der Waals surface area contributed by atoms with Crippen LogP contribution in [-0.4, -0.2) is 30.5 Å². The minimum Gasteiger partial charge on any atom is -0.298 e. The van der Waals surface area contributed by atoms with Crippen molar-refractivity contribution in [2.45, 2.75) is 33.4 Å². The Bertz CT molecular complexity index is 2140. The van der Waals surface area contributed by atoms with Crippen LogP contribution in [0.15, 0.2) is 113 Å². The van der Waals surface area contributed by atoms with Gasteiger partial charge in [0.05, 0.1) is 59.7 Å². The van der Waals surface area contributed by atoms with Crippen LogP contribution < -0.4 is 0 Å². The number of rotatable bonds is 3. The summed E-state index contributed by atoms with van der Waals surface area (Å²) in [5.41, 5.74) is 9.13. The van der Waals surface area contributed by atoms with Gasteiger partial charge in [0.1, 0.15) is 17.5 Å². The van der Waals surface area contributed by atoms with Crippen LogP contribution in [0.1, 0.15) is 52.2 Å². The number of hydrogen-bond acceptors (Lipinski definition) is 4. The minimum absolute atomic E-state index is 0.289. The molecule has 6 aromatic rings. The molecule has 6 nitrogen and oxygen atoms in total. The molecular weight excluding hydrogens is 618 g/mol. The van der Waals surface area contributed by atoms with E-state index < -0.39 is 0 Å². The number of fused-ring (bicyclic) bond motifs is 6. The van der Waals surface area contributed by atoms with Gasteiger partial charge >= 0.3 is 0 Å². The molecule has 228 valence electrons. The standard InChI is InChI=1S/C19H15ClFN3.C18H14ClN3/c1-2-18-22-10-13-11-23-19(14-5-3-4-6-16(14)21)15-9-12(20)7-8-17(15)24(13)18;1-12-20-10-15-11-21-18(13-5-3-2-4-6-13)16-9-14(19)7-8-17(16)22(12)15/h3-10H,2,11H2,1H3;2-10H,11H2,1H3. The van der Waals surface area contributed by atoms with E-state index in [2.05, 4.69) is 43.2 Å². The van der Waals surface area contributed by atoms with E-state index in [0.29, 0.717) is 34.4 Å². The molecule has 0 bridgehead atoms. The van der Waals surface area contributed by atoms with Crippen molar-refractivity contribution in [3.05, 3.63) is 165 Å². The van der Waals surface area contributed by atoms with Crippen LogP contribution >= 0.6 is 23.2 Å². The van der Waals surface area contributed by atoms with E-state index >= 15 is 0 Å². The second kappa shape index (κ2) is 12.5. The maximum atomic E-state index is 14.4. The van der Waals surface area contributed by atoms with E-state index in [9.17, 15) is 4.39 Å². The summed E-state index contributed by atoms with van der Waals surface area (Å²) in [5, 5.41) is 1.31. The first-order valence-corrected chi connectivity index (χ1v) is 15.8. The zero-order valence-corrected chi connectivity index (χ0v) is 26.8. The molecule has 0 atom stereocenters. The Labute approximate surface area is 276 Å². The molecule has 0 unspecified atom stereocenters. The zero-order valence-electron chi connectivity index (χ0n) is 25.3. The smallest absolute Gasteiger partial charge is 0.132 e. The van der Waals surface area contributed by atoms with E-state index in [-0.39, 0.29) is 5.82 Å². The highest BCUT2D eigenvalue weighted by atomic mass is 35.5. The van der Waals surface area contributed by atoms with Gasteiger partial charge < -0.3 is 0 Å². The average Bonchev–Trinajstić information content (AvgIpc) is 3.55.